The Morgan fingerprint density at radius 2 is 1.83 bits per heavy atom. The van der Waals surface area contributed by atoms with Gasteiger partial charge in [0, 0.05) is 46.2 Å². The van der Waals surface area contributed by atoms with Gasteiger partial charge in [0.15, 0.2) is 0 Å². The predicted molar refractivity (Wildman–Crippen MR) is 121 cm³/mol. The van der Waals surface area contributed by atoms with E-state index in [2.05, 4.69) is 10.3 Å². The number of carbonyl (C=O) groups is 1. The van der Waals surface area contributed by atoms with Gasteiger partial charge in [0.05, 0.1) is 5.52 Å². The van der Waals surface area contributed by atoms with Crippen LogP contribution in [0.5, 0.6) is 0 Å². The lowest BCUT2D eigenvalue weighted by Gasteiger charge is -2.13. The topological polar surface area (TPSA) is 64.0 Å². The molecule has 4 rings (SSSR count). The zero-order chi connectivity index (χ0) is 21.4. The van der Waals surface area contributed by atoms with Crippen molar-refractivity contribution in [1.82, 2.24) is 9.55 Å². The van der Waals surface area contributed by atoms with Gasteiger partial charge in [-0.3, -0.25) is 14.6 Å². The van der Waals surface area contributed by atoms with Crippen LogP contribution >= 0.6 is 11.6 Å². The highest BCUT2D eigenvalue weighted by atomic mass is 35.5. The van der Waals surface area contributed by atoms with E-state index in [4.69, 9.17) is 11.6 Å². The summed E-state index contributed by atoms with van der Waals surface area (Å²) in [5, 5.41) is 4.26. The minimum absolute atomic E-state index is 0.102. The van der Waals surface area contributed by atoms with Crippen molar-refractivity contribution in [2.24, 2.45) is 7.05 Å². The van der Waals surface area contributed by atoms with Gasteiger partial charge in [0.2, 0.25) is 0 Å². The standard InChI is InChI=1S/C24H20ClN3O2/c1-14-7-8-19(27-23(29)16-5-4-6-18(25)10-16)12-20(14)21-11-17-13-26-15(2)9-22(17)28(3)24(21)30/h4-13H,1-3H3,(H,27,29). The van der Waals surface area contributed by atoms with Crippen LogP contribution in [0.2, 0.25) is 5.02 Å². The Morgan fingerprint density at radius 3 is 2.60 bits per heavy atom. The number of hydrogen-bond donors (Lipinski definition) is 1. The fourth-order valence-electron chi connectivity index (χ4n) is 3.48. The number of nitrogens with one attached hydrogen (secondary N) is 1. The molecule has 2 heterocycles. The largest absolute Gasteiger partial charge is 0.322 e. The summed E-state index contributed by atoms with van der Waals surface area (Å²) in [6.07, 6.45) is 1.77. The van der Waals surface area contributed by atoms with E-state index in [1.807, 2.05) is 44.2 Å². The fraction of sp³-hybridized carbons (Fsp3) is 0.125. The first kappa shape index (κ1) is 19.9. The van der Waals surface area contributed by atoms with Crippen molar-refractivity contribution < 1.29 is 4.79 Å². The highest BCUT2D eigenvalue weighted by Gasteiger charge is 2.14. The number of rotatable bonds is 3. The number of halogens is 1. The lowest BCUT2D eigenvalue weighted by Crippen LogP contribution is -2.19. The van der Waals surface area contributed by atoms with Gasteiger partial charge in [-0.2, -0.15) is 0 Å². The van der Waals surface area contributed by atoms with Crippen molar-refractivity contribution in [1.29, 1.82) is 0 Å². The Balaban J connectivity index is 1.77. The van der Waals surface area contributed by atoms with E-state index >= 15 is 0 Å². The van der Waals surface area contributed by atoms with E-state index in [9.17, 15) is 9.59 Å². The Labute approximate surface area is 179 Å². The summed E-state index contributed by atoms with van der Waals surface area (Å²) in [5.74, 6) is -0.265. The van der Waals surface area contributed by atoms with Crippen molar-refractivity contribution in [2.45, 2.75) is 13.8 Å². The van der Waals surface area contributed by atoms with E-state index in [1.165, 1.54) is 0 Å². The van der Waals surface area contributed by atoms with Crippen LogP contribution in [0.15, 0.2) is 65.6 Å². The van der Waals surface area contributed by atoms with Crippen LogP contribution in [-0.4, -0.2) is 15.5 Å². The van der Waals surface area contributed by atoms with E-state index in [-0.39, 0.29) is 11.5 Å². The molecule has 0 aliphatic heterocycles. The molecule has 6 heteroatoms. The number of carbonyl (C=O) groups excluding carboxylic acids is 1. The fourth-order valence-corrected chi connectivity index (χ4v) is 3.67. The molecule has 1 amide bonds. The normalized spacial score (nSPS) is 10.9. The van der Waals surface area contributed by atoms with Crippen LogP contribution in [0.1, 0.15) is 21.6 Å². The van der Waals surface area contributed by atoms with Crippen LogP contribution in [0, 0.1) is 13.8 Å². The Morgan fingerprint density at radius 1 is 1.03 bits per heavy atom. The van der Waals surface area contributed by atoms with Crippen LogP contribution in [0.25, 0.3) is 22.0 Å². The van der Waals surface area contributed by atoms with E-state index in [1.54, 1.807) is 42.1 Å². The number of aryl methyl sites for hydroxylation is 3. The zero-order valence-electron chi connectivity index (χ0n) is 16.9. The molecule has 1 N–H and O–H groups in total. The third-order valence-corrected chi connectivity index (χ3v) is 5.35. The molecule has 0 aliphatic carbocycles. The minimum atomic E-state index is -0.265. The number of aromatic nitrogens is 2. The van der Waals surface area contributed by atoms with Crippen molar-refractivity contribution in [3.8, 4) is 11.1 Å². The maximum absolute atomic E-state index is 13.1. The summed E-state index contributed by atoms with van der Waals surface area (Å²) in [4.78, 5) is 30.0. The van der Waals surface area contributed by atoms with E-state index in [0.29, 0.717) is 21.8 Å². The zero-order valence-corrected chi connectivity index (χ0v) is 17.6. The third kappa shape index (κ3) is 3.72. The van der Waals surface area contributed by atoms with Crippen LogP contribution in [-0.2, 0) is 7.05 Å². The lowest BCUT2D eigenvalue weighted by molar-refractivity contribution is 0.102. The van der Waals surface area contributed by atoms with E-state index < -0.39 is 0 Å². The Kier molecular flexibility index (Phi) is 5.14. The Hall–Kier alpha value is -3.44. The first-order valence-corrected chi connectivity index (χ1v) is 9.85. The lowest BCUT2D eigenvalue weighted by atomic mass is 9.99. The highest BCUT2D eigenvalue weighted by molar-refractivity contribution is 6.31. The van der Waals surface area contributed by atoms with Gasteiger partial charge in [-0.1, -0.05) is 23.7 Å². The van der Waals surface area contributed by atoms with Crippen LogP contribution in [0.3, 0.4) is 0 Å². The molecule has 0 radical (unpaired) electrons. The molecule has 0 spiro atoms. The van der Waals surface area contributed by atoms with Gasteiger partial charge < -0.3 is 9.88 Å². The van der Waals surface area contributed by atoms with Gasteiger partial charge >= 0.3 is 0 Å². The molecule has 0 aliphatic rings. The minimum Gasteiger partial charge on any atom is -0.322 e. The van der Waals surface area contributed by atoms with Crippen molar-refractivity contribution in [2.75, 3.05) is 5.32 Å². The molecule has 4 aromatic rings. The first-order chi connectivity index (χ1) is 14.3. The van der Waals surface area contributed by atoms with Gasteiger partial charge in [-0.15, -0.1) is 0 Å². The molecule has 0 saturated carbocycles. The summed E-state index contributed by atoms with van der Waals surface area (Å²) in [7, 11) is 1.76. The molecular weight excluding hydrogens is 398 g/mol. The van der Waals surface area contributed by atoms with Crippen LogP contribution < -0.4 is 10.9 Å². The number of hydrogen-bond acceptors (Lipinski definition) is 3. The second kappa shape index (κ2) is 7.76. The summed E-state index contributed by atoms with van der Waals surface area (Å²) in [6.45, 7) is 3.84. The van der Waals surface area contributed by atoms with Crippen molar-refractivity contribution in [3.63, 3.8) is 0 Å². The van der Waals surface area contributed by atoms with Gasteiger partial charge in [0.1, 0.15) is 0 Å². The average molecular weight is 418 g/mol. The maximum atomic E-state index is 13.1. The smallest absolute Gasteiger partial charge is 0.258 e. The summed E-state index contributed by atoms with van der Waals surface area (Å²) in [5.41, 5.74) is 4.92. The molecule has 0 fully saturated rings. The van der Waals surface area contributed by atoms with Crippen molar-refractivity contribution >= 4 is 34.1 Å². The molecule has 0 atom stereocenters. The Bertz CT molecular complexity index is 1360. The van der Waals surface area contributed by atoms with E-state index in [0.717, 1.165) is 27.7 Å². The second-order valence-electron chi connectivity index (χ2n) is 7.30. The summed E-state index contributed by atoms with van der Waals surface area (Å²) in [6, 6.07) is 16.0. The van der Waals surface area contributed by atoms with Gasteiger partial charge in [-0.25, -0.2) is 0 Å². The van der Waals surface area contributed by atoms with Gasteiger partial charge in [-0.05, 0) is 67.4 Å². The molecule has 0 saturated heterocycles. The molecule has 2 aromatic carbocycles. The van der Waals surface area contributed by atoms with Crippen LogP contribution in [0.4, 0.5) is 5.69 Å². The number of nitrogens with zero attached hydrogens (tertiary/aromatic N) is 2. The maximum Gasteiger partial charge on any atom is 0.258 e. The summed E-state index contributed by atoms with van der Waals surface area (Å²) >= 11 is 5.99. The summed E-state index contributed by atoms with van der Waals surface area (Å²) < 4.78 is 1.63. The molecule has 0 unspecified atom stereocenters. The predicted octanol–water partition coefficient (Wildman–Crippen LogP) is 5.12. The SMILES string of the molecule is Cc1cc2c(cn1)cc(-c1cc(NC(=O)c3cccc(Cl)c3)ccc1C)c(=O)n2C. The first-order valence-electron chi connectivity index (χ1n) is 9.48. The quantitative estimate of drug-likeness (QED) is 0.503. The molecule has 30 heavy (non-hydrogen) atoms. The molecule has 0 bridgehead atoms. The number of anilines is 1. The molecule has 150 valence electrons. The molecule has 2 aromatic heterocycles. The highest BCUT2D eigenvalue weighted by Crippen LogP contribution is 2.27. The number of pyridine rings is 2. The molecule has 5 nitrogen and oxygen atoms in total. The number of fused-ring (bicyclic) bond motifs is 1. The average Bonchev–Trinajstić information content (AvgIpc) is 2.72. The van der Waals surface area contributed by atoms with Gasteiger partial charge in [0.25, 0.3) is 11.5 Å². The van der Waals surface area contributed by atoms with Crippen molar-refractivity contribution in [3.05, 3.63) is 93.0 Å². The molecular formula is C24H20ClN3O2. The second-order valence-corrected chi connectivity index (χ2v) is 7.74. The number of amides is 1. The monoisotopic (exact) mass is 417 g/mol. The third-order valence-electron chi connectivity index (χ3n) is 5.12. The number of benzene rings is 2.